The Labute approximate surface area is 138 Å². The monoisotopic (exact) mass is 316 g/mol. The molecule has 0 atom stereocenters. The summed E-state index contributed by atoms with van der Waals surface area (Å²) in [4.78, 5) is 0. The summed E-state index contributed by atoms with van der Waals surface area (Å²) in [5.74, 6) is 0. The first kappa shape index (κ1) is 23.5. The molecule has 5 nitrogen and oxygen atoms in total. The van der Waals surface area contributed by atoms with E-state index in [-0.39, 0.29) is 11.1 Å². The third-order valence-corrected chi connectivity index (χ3v) is 3.17. The van der Waals surface area contributed by atoms with Crippen LogP contribution in [0.4, 0.5) is 0 Å². The first-order chi connectivity index (χ1) is 10.2. The fourth-order valence-corrected chi connectivity index (χ4v) is 1.41. The van der Waals surface area contributed by atoms with E-state index in [2.05, 4.69) is 50.9 Å². The van der Waals surface area contributed by atoms with Crippen LogP contribution in [0.3, 0.4) is 0 Å². The Balaban J connectivity index is 0. The normalized spacial score (nSPS) is 14.3. The second-order valence-corrected chi connectivity index (χ2v) is 6.14. The van der Waals surface area contributed by atoms with Crippen LogP contribution >= 0.6 is 0 Å². The van der Waals surface area contributed by atoms with Crippen molar-refractivity contribution in [2.24, 2.45) is 0 Å². The fourth-order valence-electron chi connectivity index (χ4n) is 1.41. The number of rotatable bonds is 7. The number of nitrogens with zero attached hydrogens (tertiary/aromatic N) is 1. The number of hydrogen-bond donors (Lipinski definition) is 3. The molecule has 1 heterocycles. The van der Waals surface area contributed by atoms with Crippen LogP contribution in [0, 0.1) is 0 Å². The van der Waals surface area contributed by atoms with Crippen molar-refractivity contribution < 1.29 is 4.74 Å². The molecule has 3 N–H and O–H groups in total. The predicted octanol–water partition coefficient (Wildman–Crippen LogP) is 3.41. The van der Waals surface area contributed by atoms with Gasteiger partial charge in [-0.1, -0.05) is 34.6 Å². The van der Waals surface area contributed by atoms with Gasteiger partial charge in [0.1, 0.15) is 0 Å². The van der Waals surface area contributed by atoms with Crippen molar-refractivity contribution in [3.63, 3.8) is 0 Å². The lowest BCUT2D eigenvalue weighted by Crippen LogP contribution is -2.47. The maximum absolute atomic E-state index is 5.95. The largest absolute Gasteiger partial charge is 0.374 e. The van der Waals surface area contributed by atoms with Gasteiger partial charge >= 0.3 is 0 Å². The minimum Gasteiger partial charge on any atom is -0.374 e. The molecular formula is C17H40N4O. The number of hydrogen-bond acceptors (Lipinski definition) is 5. The highest BCUT2D eigenvalue weighted by Gasteiger charge is 2.23. The van der Waals surface area contributed by atoms with Crippen LogP contribution < -0.4 is 16.3 Å². The van der Waals surface area contributed by atoms with E-state index in [4.69, 9.17) is 4.74 Å². The SMILES string of the molecule is CC.CC.CCC(C)(C)OCC(C)(C)NCC1=CN(C)NN1. The summed E-state index contributed by atoms with van der Waals surface area (Å²) < 4.78 is 5.95. The molecule has 0 spiro atoms. The van der Waals surface area contributed by atoms with Crippen molar-refractivity contribution in [3.8, 4) is 0 Å². The van der Waals surface area contributed by atoms with Gasteiger partial charge in [-0.2, -0.15) is 0 Å². The molecule has 0 aromatic carbocycles. The highest BCUT2D eigenvalue weighted by Crippen LogP contribution is 2.16. The van der Waals surface area contributed by atoms with Crippen LogP contribution in [0.2, 0.25) is 0 Å². The van der Waals surface area contributed by atoms with E-state index >= 15 is 0 Å². The third-order valence-electron chi connectivity index (χ3n) is 3.17. The lowest BCUT2D eigenvalue weighted by molar-refractivity contribution is -0.0441. The summed E-state index contributed by atoms with van der Waals surface area (Å²) in [5, 5.41) is 5.39. The molecule has 0 bridgehead atoms. The van der Waals surface area contributed by atoms with Gasteiger partial charge in [0.15, 0.2) is 0 Å². The van der Waals surface area contributed by atoms with Crippen LogP contribution in [-0.2, 0) is 4.74 Å². The van der Waals surface area contributed by atoms with Gasteiger partial charge < -0.3 is 15.5 Å². The lowest BCUT2D eigenvalue weighted by atomic mass is 10.0. The Morgan fingerprint density at radius 3 is 2.09 bits per heavy atom. The molecule has 0 saturated heterocycles. The fraction of sp³-hybridized carbons (Fsp3) is 0.882. The number of hydrazine groups is 2. The Hall–Kier alpha value is -0.780. The van der Waals surface area contributed by atoms with Crippen molar-refractivity contribution >= 4 is 0 Å². The maximum Gasteiger partial charge on any atom is 0.0650 e. The molecular weight excluding hydrogens is 276 g/mol. The highest BCUT2D eigenvalue weighted by molar-refractivity contribution is 5.04. The predicted molar refractivity (Wildman–Crippen MR) is 97.2 cm³/mol. The summed E-state index contributed by atoms with van der Waals surface area (Å²) in [6.45, 7) is 20.2. The standard InChI is InChI=1S/C13H28N4O.2C2H6/c1-7-13(4,5)18-10-12(2,3)14-8-11-9-17(6)16-15-11;2*1-2/h9,14-16H,7-8,10H2,1-6H3;2*1-2H3. The zero-order chi connectivity index (χ0) is 17.8. The molecule has 1 rings (SSSR count). The minimum atomic E-state index is -0.0500. The van der Waals surface area contributed by atoms with Gasteiger partial charge in [0.25, 0.3) is 0 Å². The molecule has 134 valence electrons. The first-order valence-corrected chi connectivity index (χ1v) is 8.58. The van der Waals surface area contributed by atoms with Crippen molar-refractivity contribution in [1.82, 2.24) is 21.3 Å². The van der Waals surface area contributed by atoms with E-state index in [1.165, 1.54) is 0 Å². The molecule has 0 amide bonds. The van der Waals surface area contributed by atoms with E-state index in [1.54, 1.807) is 0 Å². The molecule has 0 fully saturated rings. The van der Waals surface area contributed by atoms with Crippen molar-refractivity contribution in [2.45, 2.75) is 79.9 Å². The Bertz CT molecular complexity index is 301. The highest BCUT2D eigenvalue weighted by atomic mass is 16.5. The molecule has 0 aromatic heterocycles. The second-order valence-electron chi connectivity index (χ2n) is 6.14. The quantitative estimate of drug-likeness (QED) is 0.672. The van der Waals surface area contributed by atoms with Crippen LogP contribution in [0.1, 0.15) is 68.7 Å². The van der Waals surface area contributed by atoms with E-state index in [1.807, 2.05) is 46.0 Å². The lowest BCUT2D eigenvalue weighted by Gasteiger charge is -2.32. The summed E-state index contributed by atoms with van der Waals surface area (Å²) >= 11 is 0. The zero-order valence-corrected chi connectivity index (χ0v) is 16.6. The molecule has 22 heavy (non-hydrogen) atoms. The van der Waals surface area contributed by atoms with E-state index in [9.17, 15) is 0 Å². The van der Waals surface area contributed by atoms with Crippen molar-refractivity contribution in [1.29, 1.82) is 0 Å². The Kier molecular flexibility index (Phi) is 12.5. The summed E-state index contributed by atoms with van der Waals surface area (Å²) in [7, 11) is 1.96. The van der Waals surface area contributed by atoms with Crippen LogP contribution in [0.15, 0.2) is 11.9 Å². The second kappa shape index (κ2) is 11.7. The van der Waals surface area contributed by atoms with Crippen LogP contribution in [0.5, 0.6) is 0 Å². The van der Waals surface area contributed by atoms with E-state index in [0.29, 0.717) is 6.61 Å². The molecule has 1 aliphatic heterocycles. The van der Waals surface area contributed by atoms with Gasteiger partial charge in [-0.25, -0.2) is 0 Å². The summed E-state index contributed by atoms with van der Waals surface area (Å²) in [5.41, 5.74) is 7.12. The van der Waals surface area contributed by atoms with Gasteiger partial charge in [-0.15, -0.1) is 5.53 Å². The van der Waals surface area contributed by atoms with Crippen molar-refractivity contribution in [2.75, 3.05) is 20.2 Å². The molecule has 0 unspecified atom stereocenters. The number of nitrogens with one attached hydrogen (secondary N) is 3. The molecule has 0 saturated carbocycles. The third kappa shape index (κ3) is 10.9. The minimum absolute atomic E-state index is 0.0455. The maximum atomic E-state index is 5.95. The van der Waals surface area contributed by atoms with Crippen LogP contribution in [-0.4, -0.2) is 36.3 Å². The average molecular weight is 317 g/mol. The molecule has 0 aromatic rings. The number of ether oxygens (including phenoxy) is 1. The smallest absolute Gasteiger partial charge is 0.0650 e. The molecule has 0 radical (unpaired) electrons. The molecule has 5 heteroatoms. The average Bonchev–Trinajstić information content (AvgIpc) is 2.93. The first-order valence-electron chi connectivity index (χ1n) is 8.58. The Morgan fingerprint density at radius 2 is 1.68 bits per heavy atom. The zero-order valence-electron chi connectivity index (χ0n) is 16.6. The summed E-state index contributed by atoms with van der Waals surface area (Å²) in [6, 6.07) is 0. The van der Waals surface area contributed by atoms with Crippen molar-refractivity contribution in [3.05, 3.63) is 11.9 Å². The Morgan fingerprint density at radius 1 is 1.14 bits per heavy atom. The van der Waals surface area contributed by atoms with Gasteiger partial charge in [-0.05, 0) is 34.1 Å². The van der Waals surface area contributed by atoms with Crippen LogP contribution in [0.25, 0.3) is 0 Å². The van der Waals surface area contributed by atoms with Gasteiger partial charge in [-0.3, -0.25) is 5.01 Å². The topological polar surface area (TPSA) is 48.6 Å². The van der Waals surface area contributed by atoms with Gasteiger partial charge in [0.2, 0.25) is 0 Å². The van der Waals surface area contributed by atoms with Gasteiger partial charge in [0.05, 0.1) is 17.9 Å². The molecule has 1 aliphatic rings. The van der Waals surface area contributed by atoms with E-state index in [0.717, 1.165) is 18.7 Å². The van der Waals surface area contributed by atoms with E-state index < -0.39 is 0 Å². The molecule has 0 aliphatic carbocycles. The van der Waals surface area contributed by atoms with Gasteiger partial charge in [0, 0.05) is 25.3 Å². The summed E-state index contributed by atoms with van der Waals surface area (Å²) in [6.07, 6.45) is 3.05.